The lowest BCUT2D eigenvalue weighted by atomic mass is 9.89. The van der Waals surface area contributed by atoms with Gasteiger partial charge < -0.3 is 25.4 Å². The van der Waals surface area contributed by atoms with Crippen LogP contribution in [-0.4, -0.2) is 58.7 Å². The maximum atomic E-state index is 12.5. The van der Waals surface area contributed by atoms with Gasteiger partial charge in [-0.3, -0.25) is 9.59 Å². The summed E-state index contributed by atoms with van der Waals surface area (Å²) < 4.78 is 6.11. The lowest BCUT2D eigenvalue weighted by Gasteiger charge is -2.42. The second kappa shape index (κ2) is 12.2. The number of carbonyl (C=O) groups excluding carboxylic acids is 2. The molecule has 3 aromatic rings. The molecular formula is C31H37N3O5. The summed E-state index contributed by atoms with van der Waals surface area (Å²) >= 11 is 0. The monoisotopic (exact) mass is 531 g/mol. The number of ether oxygens (including phenoxy) is 1. The fourth-order valence-electron chi connectivity index (χ4n) is 5.18. The average Bonchev–Trinajstić information content (AvgIpc) is 2.91. The van der Waals surface area contributed by atoms with Gasteiger partial charge in [-0.05, 0) is 93.6 Å². The number of carboxylic acid groups (broad SMARTS) is 1. The molecule has 206 valence electrons. The summed E-state index contributed by atoms with van der Waals surface area (Å²) in [6.45, 7) is 6.38. The van der Waals surface area contributed by atoms with Crippen molar-refractivity contribution in [3.8, 4) is 5.75 Å². The number of hydrogen-bond acceptors (Lipinski definition) is 4. The van der Waals surface area contributed by atoms with Crippen molar-refractivity contribution in [1.82, 2.24) is 15.5 Å². The number of nitrogens with zero attached hydrogens (tertiary/aromatic N) is 1. The molecule has 8 nitrogen and oxygen atoms in total. The molecule has 0 aromatic heterocycles. The van der Waals surface area contributed by atoms with Gasteiger partial charge in [0, 0.05) is 35.8 Å². The number of carbonyl (C=O) groups is 3. The summed E-state index contributed by atoms with van der Waals surface area (Å²) in [5.74, 6) is 0.279. The van der Waals surface area contributed by atoms with Crippen molar-refractivity contribution in [1.29, 1.82) is 0 Å². The minimum absolute atomic E-state index is 0.00854. The highest BCUT2D eigenvalue weighted by Gasteiger charge is 2.36. The Labute approximate surface area is 229 Å². The largest absolute Gasteiger partial charge is 0.490 e. The second-order valence-electron chi connectivity index (χ2n) is 11.0. The molecule has 0 heterocycles. The van der Waals surface area contributed by atoms with Crippen LogP contribution in [0, 0.1) is 0 Å². The quantitative estimate of drug-likeness (QED) is 0.334. The van der Waals surface area contributed by atoms with Crippen LogP contribution in [0.25, 0.3) is 10.8 Å². The molecule has 1 aliphatic rings. The topological polar surface area (TPSA) is 108 Å². The van der Waals surface area contributed by atoms with E-state index in [1.165, 1.54) is 0 Å². The third-order valence-corrected chi connectivity index (χ3v) is 7.06. The fourth-order valence-corrected chi connectivity index (χ4v) is 5.18. The van der Waals surface area contributed by atoms with E-state index in [0.29, 0.717) is 30.0 Å². The number of hydrogen-bond donors (Lipinski definition) is 3. The Morgan fingerprint density at radius 3 is 1.97 bits per heavy atom. The number of benzene rings is 3. The molecule has 0 radical (unpaired) electrons. The number of rotatable bonds is 8. The van der Waals surface area contributed by atoms with Gasteiger partial charge in [0.1, 0.15) is 5.75 Å². The molecule has 3 aromatic carbocycles. The van der Waals surface area contributed by atoms with E-state index in [9.17, 15) is 19.5 Å². The van der Waals surface area contributed by atoms with Crippen LogP contribution in [0.1, 0.15) is 67.2 Å². The molecule has 0 unspecified atom stereocenters. The lowest BCUT2D eigenvalue weighted by Crippen LogP contribution is -2.52. The van der Waals surface area contributed by atoms with Crippen LogP contribution in [0.15, 0.2) is 66.7 Å². The smallest absolute Gasteiger partial charge is 0.407 e. The summed E-state index contributed by atoms with van der Waals surface area (Å²) in [5.41, 5.74) is 0.648. The molecule has 8 heteroatoms. The van der Waals surface area contributed by atoms with Gasteiger partial charge >= 0.3 is 6.09 Å². The van der Waals surface area contributed by atoms with Crippen LogP contribution in [0.5, 0.6) is 5.75 Å². The van der Waals surface area contributed by atoms with Gasteiger partial charge in [0.05, 0.1) is 6.10 Å². The first-order valence-corrected chi connectivity index (χ1v) is 13.5. The van der Waals surface area contributed by atoms with Crippen molar-refractivity contribution in [2.24, 2.45) is 0 Å². The number of amides is 3. The average molecular weight is 532 g/mol. The molecular weight excluding hydrogens is 494 g/mol. The standard InChI is InChI=1S/C31H37N3O5/c1-31(2,3)34(30(37)38)25-12-16-27(17-13-25)39-26-14-10-22(11-15-26)28(35)32-18-19-33-29(36)24-9-8-21-6-4-5-7-23(21)20-24/h4-11,14-15,20,25,27H,12-13,16-19H2,1-3H3,(H,32,35)(H,33,36)(H,37,38). The minimum Gasteiger partial charge on any atom is -0.490 e. The van der Waals surface area contributed by atoms with Crippen LogP contribution in [0.2, 0.25) is 0 Å². The second-order valence-corrected chi connectivity index (χ2v) is 11.0. The third-order valence-electron chi connectivity index (χ3n) is 7.06. The maximum Gasteiger partial charge on any atom is 0.407 e. The van der Waals surface area contributed by atoms with E-state index in [1.54, 1.807) is 35.2 Å². The molecule has 39 heavy (non-hydrogen) atoms. The molecule has 3 amide bonds. The zero-order valence-corrected chi connectivity index (χ0v) is 22.8. The first-order chi connectivity index (χ1) is 18.6. The first kappa shape index (κ1) is 28.0. The molecule has 0 spiro atoms. The van der Waals surface area contributed by atoms with Crippen molar-refractivity contribution < 1.29 is 24.2 Å². The van der Waals surface area contributed by atoms with E-state index < -0.39 is 11.6 Å². The molecule has 1 saturated carbocycles. The van der Waals surface area contributed by atoms with Crippen molar-refractivity contribution >= 4 is 28.7 Å². The Balaban J connectivity index is 1.19. The van der Waals surface area contributed by atoms with Crippen LogP contribution >= 0.6 is 0 Å². The number of nitrogens with one attached hydrogen (secondary N) is 2. The Morgan fingerprint density at radius 1 is 0.821 bits per heavy atom. The predicted octanol–water partition coefficient (Wildman–Crippen LogP) is 5.47. The van der Waals surface area contributed by atoms with Gasteiger partial charge in [0.25, 0.3) is 11.8 Å². The van der Waals surface area contributed by atoms with E-state index in [4.69, 9.17) is 4.74 Å². The van der Waals surface area contributed by atoms with Gasteiger partial charge in [0.2, 0.25) is 0 Å². The summed E-state index contributed by atoms with van der Waals surface area (Å²) in [7, 11) is 0. The highest BCUT2D eigenvalue weighted by Crippen LogP contribution is 2.30. The summed E-state index contributed by atoms with van der Waals surface area (Å²) in [6, 6.07) is 20.4. The Bertz CT molecular complexity index is 1310. The van der Waals surface area contributed by atoms with Gasteiger partial charge in [-0.15, -0.1) is 0 Å². The van der Waals surface area contributed by atoms with Crippen molar-refractivity contribution in [2.45, 2.75) is 64.1 Å². The Kier molecular flexibility index (Phi) is 8.74. The zero-order valence-electron chi connectivity index (χ0n) is 22.8. The van der Waals surface area contributed by atoms with Crippen LogP contribution < -0.4 is 15.4 Å². The highest BCUT2D eigenvalue weighted by atomic mass is 16.5. The normalized spacial score (nSPS) is 17.3. The van der Waals surface area contributed by atoms with Crippen LogP contribution in [0.4, 0.5) is 4.79 Å². The third kappa shape index (κ3) is 7.28. The van der Waals surface area contributed by atoms with Crippen molar-refractivity contribution in [3.63, 3.8) is 0 Å². The predicted molar refractivity (Wildman–Crippen MR) is 151 cm³/mol. The van der Waals surface area contributed by atoms with E-state index in [0.717, 1.165) is 36.5 Å². The van der Waals surface area contributed by atoms with Crippen LogP contribution in [-0.2, 0) is 0 Å². The summed E-state index contributed by atoms with van der Waals surface area (Å²) in [5, 5.41) is 17.4. The van der Waals surface area contributed by atoms with Crippen molar-refractivity contribution in [2.75, 3.05) is 13.1 Å². The molecule has 3 N–H and O–H groups in total. The number of fused-ring (bicyclic) bond motifs is 1. The Hall–Kier alpha value is -4.07. The first-order valence-electron chi connectivity index (χ1n) is 13.5. The van der Waals surface area contributed by atoms with E-state index >= 15 is 0 Å². The van der Waals surface area contributed by atoms with Gasteiger partial charge in [0.15, 0.2) is 0 Å². The summed E-state index contributed by atoms with van der Waals surface area (Å²) in [6.07, 6.45) is 2.20. The highest BCUT2D eigenvalue weighted by molar-refractivity contribution is 5.98. The SMILES string of the molecule is CC(C)(C)N(C(=O)O)C1CCC(Oc2ccc(C(=O)NCCNC(=O)c3ccc4ccccc4c3)cc2)CC1. The Morgan fingerprint density at radius 2 is 1.38 bits per heavy atom. The van der Waals surface area contributed by atoms with Gasteiger partial charge in [-0.25, -0.2) is 4.79 Å². The van der Waals surface area contributed by atoms with E-state index in [1.807, 2.05) is 57.2 Å². The zero-order chi connectivity index (χ0) is 28.0. The van der Waals surface area contributed by atoms with Crippen molar-refractivity contribution in [3.05, 3.63) is 77.9 Å². The molecule has 0 saturated heterocycles. The molecule has 1 fully saturated rings. The lowest BCUT2D eigenvalue weighted by molar-refractivity contribution is 0.0367. The molecule has 1 aliphatic carbocycles. The van der Waals surface area contributed by atoms with Gasteiger partial charge in [-0.2, -0.15) is 0 Å². The molecule has 0 atom stereocenters. The maximum absolute atomic E-state index is 12.5. The van der Waals surface area contributed by atoms with E-state index in [2.05, 4.69) is 10.6 Å². The fraction of sp³-hybridized carbons (Fsp3) is 0.387. The molecule has 0 aliphatic heterocycles. The van der Waals surface area contributed by atoms with Gasteiger partial charge in [-0.1, -0.05) is 30.3 Å². The minimum atomic E-state index is -0.881. The molecule has 4 rings (SSSR count). The van der Waals surface area contributed by atoms with Crippen LogP contribution in [0.3, 0.4) is 0 Å². The van der Waals surface area contributed by atoms with E-state index in [-0.39, 0.29) is 24.0 Å². The summed E-state index contributed by atoms with van der Waals surface area (Å²) in [4.78, 5) is 38.3. The molecule has 0 bridgehead atoms.